The Morgan fingerprint density at radius 3 is 3.00 bits per heavy atom. The first-order valence-electron chi connectivity index (χ1n) is 5.59. The predicted octanol–water partition coefficient (Wildman–Crippen LogP) is 1.93. The van der Waals surface area contributed by atoms with Crippen molar-refractivity contribution in [2.24, 2.45) is 0 Å². The normalized spacial score (nSPS) is 14.1. The van der Waals surface area contributed by atoms with Gasteiger partial charge in [0.2, 0.25) is 0 Å². The van der Waals surface area contributed by atoms with E-state index in [0.717, 1.165) is 35.6 Å². The Kier molecular flexibility index (Phi) is 2.76. The van der Waals surface area contributed by atoms with Crippen LogP contribution in [-0.2, 0) is 13.1 Å². The lowest BCUT2D eigenvalue weighted by molar-refractivity contribution is 0.559. The van der Waals surface area contributed by atoms with Gasteiger partial charge in [-0.2, -0.15) is 5.26 Å². The summed E-state index contributed by atoms with van der Waals surface area (Å²) >= 11 is 3.52. The smallest absolute Gasteiger partial charge is 0.152 e. The van der Waals surface area contributed by atoms with Crippen molar-refractivity contribution in [1.29, 1.82) is 5.26 Å². The van der Waals surface area contributed by atoms with Gasteiger partial charge in [0.15, 0.2) is 5.82 Å². The summed E-state index contributed by atoms with van der Waals surface area (Å²) < 4.78 is 3.00. The van der Waals surface area contributed by atoms with E-state index in [-0.39, 0.29) is 0 Å². The molecule has 2 heterocycles. The lowest BCUT2D eigenvalue weighted by Crippen LogP contribution is -2.33. The lowest BCUT2D eigenvalue weighted by Gasteiger charge is -2.29. The zero-order valence-corrected chi connectivity index (χ0v) is 11.1. The van der Waals surface area contributed by atoms with Crippen LogP contribution in [0.4, 0.5) is 5.69 Å². The number of aromatic nitrogens is 3. The molecule has 1 aliphatic rings. The molecule has 0 amide bonds. The van der Waals surface area contributed by atoms with Crippen LogP contribution in [0.1, 0.15) is 11.4 Å². The van der Waals surface area contributed by atoms with Crippen LogP contribution in [0.25, 0.3) is 0 Å². The van der Waals surface area contributed by atoms with Gasteiger partial charge < -0.3 is 9.47 Å². The van der Waals surface area contributed by atoms with Crippen molar-refractivity contribution in [3.8, 4) is 6.07 Å². The number of nitriles is 1. The minimum absolute atomic E-state index is 0.658. The number of anilines is 1. The van der Waals surface area contributed by atoms with Crippen molar-refractivity contribution in [2.45, 2.75) is 13.1 Å². The summed E-state index contributed by atoms with van der Waals surface area (Å²) in [6.45, 7) is 2.54. The molecule has 90 valence electrons. The summed E-state index contributed by atoms with van der Waals surface area (Å²) in [7, 11) is 0. The van der Waals surface area contributed by atoms with E-state index in [9.17, 15) is 0 Å². The van der Waals surface area contributed by atoms with Crippen LogP contribution in [0.2, 0.25) is 0 Å². The minimum atomic E-state index is 0.658. The number of rotatable bonds is 1. The highest BCUT2D eigenvalue weighted by molar-refractivity contribution is 9.10. The van der Waals surface area contributed by atoms with Crippen molar-refractivity contribution in [1.82, 2.24) is 14.8 Å². The molecule has 2 aromatic rings. The molecule has 0 N–H and O–H groups in total. The Labute approximate surface area is 113 Å². The second-order valence-electron chi connectivity index (χ2n) is 4.14. The molecule has 0 fully saturated rings. The van der Waals surface area contributed by atoms with Gasteiger partial charge in [-0.15, -0.1) is 10.2 Å². The van der Waals surface area contributed by atoms with E-state index >= 15 is 0 Å². The van der Waals surface area contributed by atoms with Crippen molar-refractivity contribution in [3.63, 3.8) is 0 Å². The molecule has 0 unspecified atom stereocenters. The highest BCUT2D eigenvalue weighted by Crippen LogP contribution is 2.29. The summed E-state index contributed by atoms with van der Waals surface area (Å²) in [5.74, 6) is 0.970. The maximum absolute atomic E-state index is 8.86. The Hall–Kier alpha value is -1.87. The third-order valence-corrected chi connectivity index (χ3v) is 3.69. The second-order valence-corrected chi connectivity index (χ2v) is 4.99. The first kappa shape index (κ1) is 11.2. The van der Waals surface area contributed by atoms with Crippen molar-refractivity contribution < 1.29 is 0 Å². The largest absolute Gasteiger partial charge is 0.361 e. The van der Waals surface area contributed by atoms with Gasteiger partial charge in [-0.3, -0.25) is 0 Å². The maximum Gasteiger partial charge on any atom is 0.152 e. The van der Waals surface area contributed by atoms with Crippen LogP contribution in [0.15, 0.2) is 29.0 Å². The average Bonchev–Trinajstić information content (AvgIpc) is 2.85. The van der Waals surface area contributed by atoms with Gasteiger partial charge in [0.05, 0.1) is 23.9 Å². The molecular formula is C12H10BrN5. The third-order valence-electron chi connectivity index (χ3n) is 3.06. The topological polar surface area (TPSA) is 57.7 Å². The summed E-state index contributed by atoms with van der Waals surface area (Å²) in [6, 6.07) is 7.78. The monoisotopic (exact) mass is 303 g/mol. The summed E-state index contributed by atoms with van der Waals surface area (Å²) in [5.41, 5.74) is 1.74. The fourth-order valence-electron chi connectivity index (χ4n) is 2.10. The van der Waals surface area contributed by atoms with Gasteiger partial charge in [0.25, 0.3) is 0 Å². The quantitative estimate of drug-likeness (QED) is 0.808. The van der Waals surface area contributed by atoms with Gasteiger partial charge >= 0.3 is 0 Å². The summed E-state index contributed by atoms with van der Waals surface area (Å²) in [4.78, 5) is 2.23. The molecule has 1 aromatic carbocycles. The number of fused-ring (bicyclic) bond motifs is 1. The number of benzene rings is 1. The number of hydrogen-bond donors (Lipinski definition) is 0. The van der Waals surface area contributed by atoms with Gasteiger partial charge in [0.1, 0.15) is 6.33 Å². The zero-order chi connectivity index (χ0) is 12.5. The van der Waals surface area contributed by atoms with Crippen LogP contribution < -0.4 is 4.90 Å². The van der Waals surface area contributed by atoms with Crippen molar-refractivity contribution in [2.75, 3.05) is 11.4 Å². The standard InChI is InChI=1S/C12H10BrN5/c13-10-5-9(6-14)1-2-11(10)17-3-4-18-8-15-16-12(18)7-17/h1-2,5,8H,3-4,7H2. The number of hydrogen-bond acceptors (Lipinski definition) is 4. The molecular weight excluding hydrogens is 294 g/mol. The first-order valence-corrected chi connectivity index (χ1v) is 6.38. The Morgan fingerprint density at radius 2 is 2.22 bits per heavy atom. The molecule has 0 saturated carbocycles. The van der Waals surface area contributed by atoms with Gasteiger partial charge in [-0.25, -0.2) is 0 Å². The van der Waals surface area contributed by atoms with E-state index in [1.807, 2.05) is 18.2 Å². The molecule has 0 bridgehead atoms. The lowest BCUT2D eigenvalue weighted by atomic mass is 10.2. The number of nitrogens with zero attached hydrogens (tertiary/aromatic N) is 5. The van der Waals surface area contributed by atoms with E-state index < -0.39 is 0 Å². The fourth-order valence-corrected chi connectivity index (χ4v) is 2.73. The maximum atomic E-state index is 8.86. The van der Waals surface area contributed by atoms with Crippen molar-refractivity contribution in [3.05, 3.63) is 40.4 Å². The van der Waals surface area contributed by atoms with Crippen LogP contribution >= 0.6 is 15.9 Å². The highest BCUT2D eigenvalue weighted by atomic mass is 79.9. The van der Waals surface area contributed by atoms with Gasteiger partial charge in [-0.05, 0) is 34.1 Å². The molecule has 18 heavy (non-hydrogen) atoms. The second kappa shape index (κ2) is 4.42. The minimum Gasteiger partial charge on any atom is -0.361 e. The Balaban J connectivity index is 1.91. The first-order chi connectivity index (χ1) is 8.78. The molecule has 0 aliphatic carbocycles. The van der Waals surface area contributed by atoms with Gasteiger partial charge in [-0.1, -0.05) is 0 Å². The molecule has 0 radical (unpaired) electrons. The molecule has 3 rings (SSSR count). The Morgan fingerprint density at radius 1 is 1.33 bits per heavy atom. The van der Waals surface area contributed by atoms with Crippen LogP contribution in [0.5, 0.6) is 0 Å². The third kappa shape index (κ3) is 1.87. The number of halogens is 1. The SMILES string of the molecule is N#Cc1ccc(N2CCn3cnnc3C2)c(Br)c1. The van der Waals surface area contributed by atoms with Gasteiger partial charge in [0, 0.05) is 17.6 Å². The van der Waals surface area contributed by atoms with Crippen LogP contribution in [0, 0.1) is 11.3 Å². The molecule has 6 heteroatoms. The van der Waals surface area contributed by atoms with E-state index in [2.05, 4.69) is 41.7 Å². The van der Waals surface area contributed by atoms with E-state index in [1.54, 1.807) is 6.33 Å². The van der Waals surface area contributed by atoms with E-state index in [0.29, 0.717) is 5.56 Å². The van der Waals surface area contributed by atoms with E-state index in [4.69, 9.17) is 5.26 Å². The molecule has 0 atom stereocenters. The van der Waals surface area contributed by atoms with Crippen LogP contribution in [-0.4, -0.2) is 21.3 Å². The summed E-state index contributed by atoms with van der Waals surface area (Å²) in [5, 5.41) is 16.9. The zero-order valence-electron chi connectivity index (χ0n) is 9.54. The molecule has 0 spiro atoms. The molecule has 5 nitrogen and oxygen atoms in total. The van der Waals surface area contributed by atoms with E-state index in [1.165, 1.54) is 0 Å². The fraction of sp³-hybridized carbons (Fsp3) is 0.250. The Bertz CT molecular complexity index is 628. The molecule has 1 aliphatic heterocycles. The average molecular weight is 304 g/mol. The predicted molar refractivity (Wildman–Crippen MR) is 69.9 cm³/mol. The summed E-state index contributed by atoms with van der Waals surface area (Å²) in [6.07, 6.45) is 1.76. The molecule has 1 aromatic heterocycles. The molecule has 0 saturated heterocycles. The highest BCUT2D eigenvalue weighted by Gasteiger charge is 2.19. The van der Waals surface area contributed by atoms with Crippen LogP contribution in [0.3, 0.4) is 0 Å². The van der Waals surface area contributed by atoms with Crippen molar-refractivity contribution >= 4 is 21.6 Å².